The second kappa shape index (κ2) is 13.2. The van der Waals surface area contributed by atoms with Crippen LogP contribution in [-0.2, 0) is 7.05 Å². The number of para-hydroxylation sites is 1. The topological polar surface area (TPSA) is 9.86 Å². The summed E-state index contributed by atoms with van der Waals surface area (Å²) in [5, 5.41) is 5.22. The zero-order valence-corrected chi connectivity index (χ0v) is 29.4. The maximum absolute atomic E-state index is 2.36. The van der Waals surface area contributed by atoms with Crippen molar-refractivity contribution in [1.82, 2.24) is 9.13 Å². The fraction of sp³-hybridized carbons (Fsp3) is 0.0400. The highest BCUT2D eigenvalue weighted by atomic mass is 15.0. The van der Waals surface area contributed by atoms with E-state index in [9.17, 15) is 0 Å². The highest BCUT2D eigenvalue weighted by Crippen LogP contribution is 2.36. The van der Waals surface area contributed by atoms with E-state index in [1.54, 1.807) is 0 Å². The highest BCUT2D eigenvalue weighted by molar-refractivity contribution is 6.11. The second-order valence-corrected chi connectivity index (χ2v) is 13.5. The van der Waals surface area contributed by atoms with Crippen LogP contribution in [-0.4, -0.2) is 9.13 Å². The first-order chi connectivity index (χ1) is 25.6. The van der Waals surface area contributed by atoms with Gasteiger partial charge in [0.25, 0.3) is 0 Å². The van der Waals surface area contributed by atoms with Crippen LogP contribution in [0.2, 0.25) is 0 Å². The average molecular weight is 667 g/mol. The lowest BCUT2D eigenvalue weighted by Gasteiger charge is -2.08. The Morgan fingerprint density at radius 2 is 0.654 bits per heavy atom. The van der Waals surface area contributed by atoms with Crippen molar-refractivity contribution in [2.75, 3.05) is 0 Å². The number of hydrogen-bond donors (Lipinski definition) is 0. The summed E-state index contributed by atoms with van der Waals surface area (Å²) in [6, 6.07) is 69.4. The third-order valence-corrected chi connectivity index (χ3v) is 10.3. The Labute approximate surface area is 304 Å². The molecule has 0 spiro atoms. The molecule has 10 aromatic rings. The van der Waals surface area contributed by atoms with Crippen LogP contribution >= 0.6 is 0 Å². The first kappa shape index (κ1) is 31.3. The first-order valence-corrected chi connectivity index (χ1v) is 17.9. The Morgan fingerprint density at radius 1 is 0.308 bits per heavy atom. The molecule has 2 aromatic heterocycles. The SMILES string of the molecule is Cc1ccc2c(c1)c1cc(-c3ccccc3)ccc1n2-c1ccccc1.Cn1c2ccc(-c3ccccc3)cc2c2cc(-c3ccccc3)ccc21. The van der Waals surface area contributed by atoms with Gasteiger partial charge in [-0.1, -0.05) is 139 Å². The van der Waals surface area contributed by atoms with Crippen molar-refractivity contribution in [2.45, 2.75) is 6.92 Å². The molecule has 10 rings (SSSR count). The molecule has 0 atom stereocenters. The molecule has 0 saturated heterocycles. The van der Waals surface area contributed by atoms with Crippen LogP contribution in [0.5, 0.6) is 0 Å². The minimum atomic E-state index is 1.20. The van der Waals surface area contributed by atoms with Crippen LogP contribution in [0.3, 0.4) is 0 Å². The highest BCUT2D eigenvalue weighted by Gasteiger charge is 2.14. The molecule has 0 saturated carbocycles. The zero-order valence-electron chi connectivity index (χ0n) is 29.4. The molecule has 2 heterocycles. The molecule has 0 amide bonds. The summed E-state index contributed by atoms with van der Waals surface area (Å²) in [6.07, 6.45) is 0. The molecular weight excluding hydrogens is 629 g/mol. The summed E-state index contributed by atoms with van der Waals surface area (Å²) in [6.45, 7) is 2.16. The lowest BCUT2D eigenvalue weighted by molar-refractivity contribution is 1.01. The molecule has 0 radical (unpaired) electrons. The normalized spacial score (nSPS) is 11.3. The van der Waals surface area contributed by atoms with Gasteiger partial charge < -0.3 is 9.13 Å². The van der Waals surface area contributed by atoms with Crippen LogP contribution in [0.15, 0.2) is 194 Å². The summed E-state index contributed by atoms with van der Waals surface area (Å²) in [5.74, 6) is 0. The molecule has 8 aromatic carbocycles. The van der Waals surface area contributed by atoms with Crippen molar-refractivity contribution < 1.29 is 0 Å². The summed E-state index contributed by atoms with van der Waals surface area (Å²) in [7, 11) is 2.15. The molecule has 0 aliphatic heterocycles. The molecule has 0 N–H and O–H groups in total. The van der Waals surface area contributed by atoms with Crippen LogP contribution in [0.25, 0.3) is 82.7 Å². The van der Waals surface area contributed by atoms with E-state index >= 15 is 0 Å². The zero-order chi connectivity index (χ0) is 35.0. The summed E-state index contributed by atoms with van der Waals surface area (Å²) in [4.78, 5) is 0. The van der Waals surface area contributed by atoms with Gasteiger partial charge in [-0.2, -0.15) is 0 Å². The molecule has 0 bridgehead atoms. The summed E-state index contributed by atoms with van der Waals surface area (Å²) >= 11 is 0. The van der Waals surface area contributed by atoms with Gasteiger partial charge in [0.15, 0.2) is 0 Å². The number of hydrogen-bond acceptors (Lipinski definition) is 0. The maximum Gasteiger partial charge on any atom is 0.0541 e. The fourth-order valence-corrected chi connectivity index (χ4v) is 7.64. The number of aryl methyl sites for hydroxylation is 2. The molecular formula is C50H38N2. The van der Waals surface area contributed by atoms with Crippen molar-refractivity contribution in [2.24, 2.45) is 7.05 Å². The van der Waals surface area contributed by atoms with Gasteiger partial charge in [0.1, 0.15) is 0 Å². The standard InChI is InChI=1S/2C25H19N/c1-26-24-14-12-20(18-8-4-2-5-9-18)16-22(24)23-17-21(13-15-25(23)26)19-10-6-3-7-11-19;1-18-12-14-24-22(16-18)23-17-20(19-8-4-2-5-9-19)13-15-25(23)26(24)21-10-6-3-7-11-21/h2*2-17H,1H3. The monoisotopic (exact) mass is 666 g/mol. The summed E-state index contributed by atoms with van der Waals surface area (Å²) < 4.78 is 4.65. The van der Waals surface area contributed by atoms with Gasteiger partial charge >= 0.3 is 0 Å². The number of fused-ring (bicyclic) bond motifs is 6. The Bertz CT molecular complexity index is 2730. The first-order valence-electron chi connectivity index (χ1n) is 17.9. The molecule has 0 aliphatic rings. The minimum absolute atomic E-state index is 1.20. The largest absolute Gasteiger partial charge is 0.344 e. The van der Waals surface area contributed by atoms with Gasteiger partial charge in [-0.15, -0.1) is 0 Å². The third kappa shape index (κ3) is 5.65. The molecule has 0 aliphatic carbocycles. The fourth-order valence-electron chi connectivity index (χ4n) is 7.64. The van der Waals surface area contributed by atoms with Crippen LogP contribution in [0.4, 0.5) is 0 Å². The maximum atomic E-state index is 2.36. The molecule has 2 heteroatoms. The lowest BCUT2D eigenvalue weighted by atomic mass is 10.0. The van der Waals surface area contributed by atoms with E-state index in [1.165, 1.54) is 88.2 Å². The van der Waals surface area contributed by atoms with Gasteiger partial charge in [-0.3, -0.25) is 0 Å². The smallest absolute Gasteiger partial charge is 0.0541 e. The second-order valence-electron chi connectivity index (χ2n) is 13.5. The Balaban J connectivity index is 0.000000138. The average Bonchev–Trinajstić information content (AvgIpc) is 3.69. The number of benzene rings is 8. The minimum Gasteiger partial charge on any atom is -0.344 e. The van der Waals surface area contributed by atoms with E-state index < -0.39 is 0 Å². The molecule has 2 nitrogen and oxygen atoms in total. The molecule has 0 unspecified atom stereocenters. The number of rotatable bonds is 4. The van der Waals surface area contributed by atoms with Crippen molar-refractivity contribution >= 4 is 43.6 Å². The number of aromatic nitrogens is 2. The van der Waals surface area contributed by atoms with Crippen LogP contribution in [0, 0.1) is 6.92 Å². The Kier molecular flexibility index (Phi) is 7.98. The Hall–Kier alpha value is -6.64. The number of nitrogens with zero attached hydrogens (tertiary/aromatic N) is 2. The summed E-state index contributed by atoms with van der Waals surface area (Å²) in [5.41, 5.74) is 15.1. The van der Waals surface area contributed by atoms with Crippen molar-refractivity contribution in [3.8, 4) is 39.1 Å². The Morgan fingerprint density at radius 3 is 1.10 bits per heavy atom. The van der Waals surface area contributed by atoms with E-state index in [1.807, 2.05) is 0 Å². The lowest BCUT2D eigenvalue weighted by Crippen LogP contribution is -1.93. The van der Waals surface area contributed by atoms with Crippen molar-refractivity contribution in [3.63, 3.8) is 0 Å². The van der Waals surface area contributed by atoms with Gasteiger partial charge in [-0.25, -0.2) is 0 Å². The third-order valence-electron chi connectivity index (χ3n) is 10.3. The predicted molar refractivity (Wildman–Crippen MR) is 222 cm³/mol. The van der Waals surface area contributed by atoms with E-state index in [4.69, 9.17) is 0 Å². The van der Waals surface area contributed by atoms with Crippen molar-refractivity contribution in [1.29, 1.82) is 0 Å². The molecule has 248 valence electrons. The molecule has 0 fully saturated rings. The predicted octanol–water partition coefficient (Wildman–Crippen LogP) is 13.4. The van der Waals surface area contributed by atoms with E-state index in [-0.39, 0.29) is 0 Å². The molecule has 52 heavy (non-hydrogen) atoms. The van der Waals surface area contributed by atoms with E-state index in [0.717, 1.165) is 0 Å². The van der Waals surface area contributed by atoms with Crippen LogP contribution in [0.1, 0.15) is 5.56 Å². The van der Waals surface area contributed by atoms with Gasteiger partial charge in [0.2, 0.25) is 0 Å². The van der Waals surface area contributed by atoms with E-state index in [2.05, 4.69) is 217 Å². The van der Waals surface area contributed by atoms with Gasteiger partial charge in [0.05, 0.1) is 11.0 Å². The van der Waals surface area contributed by atoms with Gasteiger partial charge in [0, 0.05) is 45.3 Å². The van der Waals surface area contributed by atoms with Gasteiger partial charge in [-0.05, 0) is 101 Å². The van der Waals surface area contributed by atoms with Crippen molar-refractivity contribution in [3.05, 3.63) is 200 Å². The van der Waals surface area contributed by atoms with Crippen LogP contribution < -0.4 is 0 Å². The van der Waals surface area contributed by atoms with E-state index in [0.29, 0.717) is 0 Å². The quantitative estimate of drug-likeness (QED) is 0.177.